The van der Waals surface area contributed by atoms with Crippen LogP contribution < -0.4 is 16.6 Å². The zero-order valence-electron chi connectivity index (χ0n) is 12.5. The monoisotopic (exact) mass is 338 g/mol. The van der Waals surface area contributed by atoms with Crippen LogP contribution in [0, 0.1) is 0 Å². The maximum absolute atomic E-state index is 12.2. The minimum absolute atomic E-state index is 0.205. The molecule has 0 fully saturated rings. The van der Waals surface area contributed by atoms with Crippen molar-refractivity contribution in [3.63, 3.8) is 0 Å². The van der Waals surface area contributed by atoms with Crippen LogP contribution in [0.2, 0.25) is 0 Å². The van der Waals surface area contributed by atoms with Gasteiger partial charge in [-0.05, 0) is 23.6 Å². The van der Waals surface area contributed by atoms with Crippen LogP contribution in [0.15, 0.2) is 54.1 Å². The first-order valence-corrected chi connectivity index (χ1v) is 7.98. The highest BCUT2D eigenvalue weighted by atomic mass is 32.1. The van der Waals surface area contributed by atoms with E-state index < -0.39 is 11.8 Å². The summed E-state index contributed by atoms with van der Waals surface area (Å²) in [6, 6.07) is 11.0. The Labute approximate surface area is 142 Å². The Bertz CT molecular complexity index is 919. The number of hydrogen-bond donors (Lipinski definition) is 3. The highest BCUT2D eigenvalue weighted by molar-refractivity contribution is 7.10. The molecule has 7 heteroatoms. The molecule has 24 heavy (non-hydrogen) atoms. The van der Waals surface area contributed by atoms with Gasteiger partial charge in [-0.15, -0.1) is 11.3 Å². The van der Waals surface area contributed by atoms with Crippen LogP contribution in [0.3, 0.4) is 0 Å². The third-order valence-electron chi connectivity index (χ3n) is 3.30. The van der Waals surface area contributed by atoms with Crippen molar-refractivity contribution >= 4 is 45.8 Å². The zero-order chi connectivity index (χ0) is 16.9. The molecule has 0 saturated heterocycles. The topological polar surface area (TPSA) is 97.1 Å². The van der Waals surface area contributed by atoms with E-state index in [2.05, 4.69) is 15.8 Å². The van der Waals surface area contributed by atoms with Crippen molar-refractivity contribution < 1.29 is 9.59 Å². The van der Waals surface area contributed by atoms with Crippen LogP contribution in [0.5, 0.6) is 0 Å². The average Bonchev–Trinajstić information content (AvgIpc) is 3.12. The molecule has 2 amide bonds. The number of anilines is 1. The van der Waals surface area contributed by atoms with Gasteiger partial charge >= 0.3 is 0 Å². The molecule has 0 unspecified atom stereocenters. The van der Waals surface area contributed by atoms with Gasteiger partial charge in [-0.3, -0.25) is 25.4 Å². The van der Waals surface area contributed by atoms with Crippen molar-refractivity contribution in [2.75, 3.05) is 5.73 Å². The van der Waals surface area contributed by atoms with Crippen LogP contribution in [0.4, 0.5) is 5.69 Å². The largest absolute Gasteiger partial charge is 0.397 e. The molecule has 2 aromatic heterocycles. The van der Waals surface area contributed by atoms with E-state index in [9.17, 15) is 9.59 Å². The number of nitrogens with one attached hydrogen (secondary N) is 2. The fourth-order valence-electron chi connectivity index (χ4n) is 2.11. The van der Waals surface area contributed by atoms with Crippen LogP contribution in [-0.4, -0.2) is 16.8 Å². The number of thiophene rings is 1. The van der Waals surface area contributed by atoms with Crippen molar-refractivity contribution in [2.24, 2.45) is 0 Å². The Kier molecular flexibility index (Phi) is 4.53. The van der Waals surface area contributed by atoms with E-state index in [0.29, 0.717) is 16.6 Å². The third kappa shape index (κ3) is 3.41. The molecule has 1 aromatic carbocycles. The lowest BCUT2D eigenvalue weighted by Crippen LogP contribution is -2.41. The molecular weight excluding hydrogens is 324 g/mol. The molecule has 6 nitrogen and oxygen atoms in total. The Morgan fingerprint density at radius 2 is 1.96 bits per heavy atom. The number of aromatic nitrogens is 1. The number of para-hydroxylation sites is 1. The number of carbonyl (C=O) groups excluding carboxylic acids is 2. The number of rotatable bonds is 3. The molecule has 0 bridgehead atoms. The first-order chi connectivity index (χ1) is 11.6. The molecule has 0 saturated carbocycles. The standard InChI is InChI=1S/C17H14N4O2S/c18-16-12-5-1-2-6-14(12)19-10-13(16)17(23)21-20-15(22)8-7-11-4-3-9-24-11/h1-10H,(H2,18,19)(H,20,22)(H,21,23)/b8-7+. The molecule has 120 valence electrons. The second-order valence-electron chi connectivity index (χ2n) is 4.89. The molecule has 0 spiro atoms. The maximum Gasteiger partial charge on any atom is 0.273 e. The second kappa shape index (κ2) is 6.93. The number of fused-ring (bicyclic) bond motifs is 1. The Morgan fingerprint density at radius 1 is 1.12 bits per heavy atom. The summed E-state index contributed by atoms with van der Waals surface area (Å²) in [5.41, 5.74) is 11.9. The normalized spacial score (nSPS) is 10.8. The molecule has 3 rings (SSSR count). The van der Waals surface area contributed by atoms with Gasteiger partial charge in [-0.2, -0.15) is 0 Å². The van der Waals surface area contributed by atoms with Crippen LogP contribution in [0.25, 0.3) is 17.0 Å². The van der Waals surface area contributed by atoms with E-state index in [1.807, 2.05) is 35.7 Å². The van der Waals surface area contributed by atoms with E-state index in [-0.39, 0.29) is 5.56 Å². The summed E-state index contributed by atoms with van der Waals surface area (Å²) >= 11 is 1.51. The molecule has 0 aliphatic rings. The molecule has 0 aliphatic heterocycles. The summed E-state index contributed by atoms with van der Waals surface area (Å²) in [6.07, 6.45) is 4.40. The summed E-state index contributed by atoms with van der Waals surface area (Å²) in [7, 11) is 0. The lowest BCUT2D eigenvalue weighted by molar-refractivity contribution is -0.117. The number of benzene rings is 1. The van der Waals surface area contributed by atoms with Gasteiger partial charge in [0, 0.05) is 22.5 Å². The van der Waals surface area contributed by atoms with E-state index in [0.717, 1.165) is 4.88 Å². The first kappa shape index (κ1) is 15.7. The van der Waals surface area contributed by atoms with Crippen LogP contribution >= 0.6 is 11.3 Å². The number of nitrogens with zero attached hydrogens (tertiary/aromatic N) is 1. The van der Waals surface area contributed by atoms with E-state index >= 15 is 0 Å². The number of nitrogens with two attached hydrogens (primary N) is 1. The van der Waals surface area contributed by atoms with Crippen molar-refractivity contribution in [1.82, 2.24) is 15.8 Å². The van der Waals surface area contributed by atoms with Crippen molar-refractivity contribution in [2.45, 2.75) is 0 Å². The fraction of sp³-hybridized carbons (Fsp3) is 0. The fourth-order valence-corrected chi connectivity index (χ4v) is 2.73. The minimum atomic E-state index is -0.524. The van der Waals surface area contributed by atoms with Gasteiger partial charge < -0.3 is 5.73 Å². The van der Waals surface area contributed by atoms with E-state index in [1.54, 1.807) is 12.1 Å². The SMILES string of the molecule is Nc1c(C(=O)NNC(=O)/C=C/c2cccs2)cnc2ccccc12. The highest BCUT2D eigenvalue weighted by Gasteiger charge is 2.13. The summed E-state index contributed by atoms with van der Waals surface area (Å²) in [4.78, 5) is 29.0. The summed E-state index contributed by atoms with van der Waals surface area (Å²) in [6.45, 7) is 0. The number of hydrogen-bond acceptors (Lipinski definition) is 5. The Balaban J connectivity index is 1.67. The third-order valence-corrected chi connectivity index (χ3v) is 4.14. The van der Waals surface area contributed by atoms with Crippen molar-refractivity contribution in [3.05, 3.63) is 64.5 Å². The minimum Gasteiger partial charge on any atom is -0.397 e. The summed E-state index contributed by atoms with van der Waals surface area (Å²) < 4.78 is 0. The molecule has 4 N–H and O–H groups in total. The van der Waals surface area contributed by atoms with Gasteiger partial charge in [-0.1, -0.05) is 24.3 Å². The first-order valence-electron chi connectivity index (χ1n) is 7.10. The molecule has 0 radical (unpaired) electrons. The lowest BCUT2D eigenvalue weighted by Gasteiger charge is -2.09. The van der Waals surface area contributed by atoms with Gasteiger partial charge in [0.15, 0.2) is 0 Å². The van der Waals surface area contributed by atoms with Crippen molar-refractivity contribution in [3.8, 4) is 0 Å². The second-order valence-corrected chi connectivity index (χ2v) is 5.87. The van der Waals surface area contributed by atoms with Crippen molar-refractivity contribution in [1.29, 1.82) is 0 Å². The van der Waals surface area contributed by atoms with Gasteiger partial charge in [0.25, 0.3) is 11.8 Å². The Hall–Kier alpha value is -3.19. The number of pyridine rings is 1. The average molecular weight is 338 g/mol. The Morgan fingerprint density at radius 3 is 2.75 bits per heavy atom. The maximum atomic E-state index is 12.2. The number of nitrogen functional groups attached to an aromatic ring is 1. The smallest absolute Gasteiger partial charge is 0.273 e. The quantitative estimate of drug-likeness (QED) is 0.504. The molecule has 2 heterocycles. The van der Waals surface area contributed by atoms with Gasteiger partial charge in [0.2, 0.25) is 0 Å². The molecule has 0 atom stereocenters. The summed E-state index contributed by atoms with van der Waals surface area (Å²) in [5.74, 6) is -0.965. The summed E-state index contributed by atoms with van der Waals surface area (Å²) in [5, 5.41) is 2.60. The predicted molar refractivity (Wildman–Crippen MR) is 95.1 cm³/mol. The number of hydrazine groups is 1. The van der Waals surface area contributed by atoms with Gasteiger partial charge in [0.1, 0.15) is 0 Å². The van der Waals surface area contributed by atoms with Crippen LogP contribution in [0.1, 0.15) is 15.2 Å². The zero-order valence-corrected chi connectivity index (χ0v) is 13.3. The molecule has 0 aliphatic carbocycles. The molecule has 3 aromatic rings. The van der Waals surface area contributed by atoms with E-state index in [1.165, 1.54) is 23.6 Å². The predicted octanol–water partition coefficient (Wildman–Crippen LogP) is 2.35. The van der Waals surface area contributed by atoms with Gasteiger partial charge in [0.05, 0.1) is 16.8 Å². The number of carbonyl (C=O) groups is 2. The van der Waals surface area contributed by atoms with E-state index in [4.69, 9.17) is 5.73 Å². The number of amides is 2. The van der Waals surface area contributed by atoms with Gasteiger partial charge in [-0.25, -0.2) is 0 Å². The highest BCUT2D eigenvalue weighted by Crippen LogP contribution is 2.22. The lowest BCUT2D eigenvalue weighted by atomic mass is 10.1. The molecular formula is C17H14N4O2S. The van der Waals surface area contributed by atoms with Crippen LogP contribution in [-0.2, 0) is 4.79 Å².